The number of carbonyl (C=O) groups excluding carboxylic acids is 1. The SMILES string of the molecule is O=C(c1cccnc1)c1cc2ccccc2n1S(=O)(=O)c1ccccc1. The van der Waals surface area contributed by atoms with Crippen LogP contribution in [-0.2, 0) is 10.0 Å². The number of nitrogens with zero attached hydrogens (tertiary/aromatic N) is 2. The smallest absolute Gasteiger partial charge is 0.268 e. The van der Waals surface area contributed by atoms with Gasteiger partial charge in [0.1, 0.15) is 5.69 Å². The van der Waals surface area contributed by atoms with Crippen LogP contribution in [0, 0.1) is 0 Å². The van der Waals surface area contributed by atoms with Crippen LogP contribution in [0.4, 0.5) is 0 Å². The van der Waals surface area contributed by atoms with Gasteiger partial charge in [-0.25, -0.2) is 12.4 Å². The molecule has 4 aromatic rings. The van der Waals surface area contributed by atoms with Crippen molar-refractivity contribution in [2.75, 3.05) is 0 Å². The van der Waals surface area contributed by atoms with Gasteiger partial charge >= 0.3 is 0 Å². The second-order valence-electron chi connectivity index (χ2n) is 5.74. The van der Waals surface area contributed by atoms with Crippen LogP contribution in [0.15, 0.2) is 90.1 Å². The van der Waals surface area contributed by atoms with Crippen molar-refractivity contribution in [2.45, 2.75) is 4.90 Å². The van der Waals surface area contributed by atoms with Gasteiger partial charge < -0.3 is 0 Å². The monoisotopic (exact) mass is 362 g/mol. The van der Waals surface area contributed by atoms with Crippen molar-refractivity contribution >= 4 is 26.7 Å². The van der Waals surface area contributed by atoms with Crippen molar-refractivity contribution in [3.05, 3.63) is 96.4 Å². The third kappa shape index (κ3) is 2.60. The molecular formula is C20H14N2O3S. The highest BCUT2D eigenvalue weighted by atomic mass is 32.2. The van der Waals surface area contributed by atoms with E-state index in [1.807, 2.05) is 0 Å². The lowest BCUT2D eigenvalue weighted by atomic mass is 10.1. The van der Waals surface area contributed by atoms with Crippen molar-refractivity contribution in [1.82, 2.24) is 8.96 Å². The highest BCUT2D eigenvalue weighted by molar-refractivity contribution is 7.90. The van der Waals surface area contributed by atoms with Gasteiger partial charge in [-0.15, -0.1) is 0 Å². The maximum atomic E-state index is 13.3. The van der Waals surface area contributed by atoms with E-state index in [1.165, 1.54) is 18.3 Å². The number of rotatable bonds is 4. The summed E-state index contributed by atoms with van der Waals surface area (Å²) in [6.45, 7) is 0. The maximum absolute atomic E-state index is 13.3. The number of carbonyl (C=O) groups is 1. The van der Waals surface area contributed by atoms with Gasteiger partial charge in [-0.2, -0.15) is 0 Å². The molecule has 0 fully saturated rings. The Kier molecular flexibility index (Phi) is 3.89. The molecule has 0 saturated heterocycles. The third-order valence-corrected chi connectivity index (χ3v) is 5.85. The summed E-state index contributed by atoms with van der Waals surface area (Å²) in [5.41, 5.74) is 0.881. The zero-order chi connectivity index (χ0) is 18.1. The van der Waals surface area contributed by atoms with Crippen molar-refractivity contribution in [3.8, 4) is 0 Å². The van der Waals surface area contributed by atoms with Crippen LogP contribution < -0.4 is 0 Å². The van der Waals surface area contributed by atoms with E-state index in [0.717, 1.165) is 3.97 Å². The Balaban J connectivity index is 2.01. The Labute approximate surface area is 150 Å². The molecule has 2 heterocycles. The molecule has 128 valence electrons. The van der Waals surface area contributed by atoms with E-state index in [0.29, 0.717) is 16.5 Å². The summed E-state index contributed by atoms with van der Waals surface area (Å²) < 4.78 is 27.6. The molecule has 0 amide bonds. The predicted octanol–water partition coefficient (Wildman–Crippen LogP) is 3.50. The molecule has 0 N–H and O–H groups in total. The van der Waals surface area contributed by atoms with Crippen molar-refractivity contribution < 1.29 is 13.2 Å². The fraction of sp³-hybridized carbons (Fsp3) is 0. The summed E-state index contributed by atoms with van der Waals surface area (Å²) in [7, 11) is -3.93. The third-order valence-electron chi connectivity index (χ3n) is 4.10. The molecule has 5 nitrogen and oxygen atoms in total. The molecule has 0 unspecified atom stereocenters. The minimum atomic E-state index is -3.93. The van der Waals surface area contributed by atoms with Crippen LogP contribution >= 0.6 is 0 Å². The molecule has 2 aromatic carbocycles. The Morgan fingerprint density at radius 2 is 1.62 bits per heavy atom. The largest absolute Gasteiger partial charge is 0.287 e. The van der Waals surface area contributed by atoms with Gasteiger partial charge in [0.2, 0.25) is 5.78 Å². The molecular weight excluding hydrogens is 348 g/mol. The van der Waals surface area contributed by atoms with Crippen molar-refractivity contribution in [3.63, 3.8) is 0 Å². The van der Waals surface area contributed by atoms with E-state index in [-0.39, 0.29) is 10.6 Å². The molecule has 2 aromatic heterocycles. The molecule has 0 bridgehead atoms. The highest BCUT2D eigenvalue weighted by Crippen LogP contribution is 2.27. The number of aromatic nitrogens is 2. The number of ketones is 1. The number of hydrogen-bond acceptors (Lipinski definition) is 4. The molecule has 6 heteroatoms. The van der Waals surface area contributed by atoms with E-state index < -0.39 is 15.8 Å². The summed E-state index contributed by atoms with van der Waals surface area (Å²) in [5, 5.41) is 0.680. The van der Waals surface area contributed by atoms with Crippen LogP contribution in [0.3, 0.4) is 0 Å². The van der Waals surface area contributed by atoms with Gasteiger partial charge in [-0.3, -0.25) is 9.78 Å². The normalized spacial score (nSPS) is 11.5. The summed E-state index contributed by atoms with van der Waals surface area (Å²) in [5.74, 6) is -0.395. The van der Waals surface area contributed by atoms with E-state index >= 15 is 0 Å². The second kappa shape index (κ2) is 6.24. The molecule has 0 atom stereocenters. The first-order valence-electron chi connectivity index (χ1n) is 7.95. The summed E-state index contributed by atoms with van der Waals surface area (Å²) in [6.07, 6.45) is 2.99. The van der Waals surface area contributed by atoms with Crippen LogP contribution in [0.1, 0.15) is 16.1 Å². The Hall–Kier alpha value is -3.25. The average Bonchev–Trinajstić information content (AvgIpc) is 3.09. The second-order valence-corrected chi connectivity index (χ2v) is 7.53. The maximum Gasteiger partial charge on any atom is 0.268 e. The van der Waals surface area contributed by atoms with Crippen LogP contribution in [-0.4, -0.2) is 23.2 Å². The zero-order valence-corrected chi connectivity index (χ0v) is 14.4. The number of pyridine rings is 1. The lowest BCUT2D eigenvalue weighted by Gasteiger charge is -2.11. The van der Waals surface area contributed by atoms with Gasteiger partial charge in [0.25, 0.3) is 10.0 Å². The summed E-state index contributed by atoms with van der Waals surface area (Å²) in [4.78, 5) is 17.1. The lowest BCUT2D eigenvalue weighted by Crippen LogP contribution is -2.19. The standard InChI is InChI=1S/C20H14N2O3S/c23-20(16-8-6-12-21-14-16)19-13-15-7-4-5-11-18(15)22(19)26(24,25)17-9-2-1-3-10-17/h1-14H. The number of hydrogen-bond donors (Lipinski definition) is 0. The fourth-order valence-electron chi connectivity index (χ4n) is 2.89. The van der Waals surface area contributed by atoms with Crippen molar-refractivity contribution in [1.29, 1.82) is 0 Å². The van der Waals surface area contributed by atoms with Gasteiger partial charge in [-0.05, 0) is 36.4 Å². The molecule has 0 saturated carbocycles. The van der Waals surface area contributed by atoms with E-state index in [1.54, 1.807) is 66.9 Å². The molecule has 0 spiro atoms. The van der Waals surface area contributed by atoms with E-state index in [9.17, 15) is 13.2 Å². The lowest BCUT2D eigenvalue weighted by molar-refractivity contribution is 0.103. The average molecular weight is 362 g/mol. The minimum absolute atomic E-state index is 0.0862. The molecule has 0 radical (unpaired) electrons. The predicted molar refractivity (Wildman–Crippen MR) is 98.6 cm³/mol. The summed E-state index contributed by atoms with van der Waals surface area (Å²) in [6, 6.07) is 20.0. The van der Waals surface area contributed by atoms with Crippen molar-refractivity contribution in [2.24, 2.45) is 0 Å². The molecule has 0 aliphatic carbocycles. The van der Waals surface area contributed by atoms with Gasteiger partial charge in [0.05, 0.1) is 10.4 Å². The molecule has 4 rings (SSSR count). The van der Waals surface area contributed by atoms with E-state index in [2.05, 4.69) is 4.98 Å². The van der Waals surface area contributed by atoms with Crippen LogP contribution in [0.2, 0.25) is 0 Å². The number of para-hydroxylation sites is 1. The van der Waals surface area contributed by atoms with Crippen LogP contribution in [0.5, 0.6) is 0 Å². The first-order chi connectivity index (χ1) is 12.6. The molecule has 0 aliphatic heterocycles. The highest BCUT2D eigenvalue weighted by Gasteiger charge is 2.26. The molecule has 26 heavy (non-hydrogen) atoms. The van der Waals surface area contributed by atoms with E-state index in [4.69, 9.17) is 0 Å². The zero-order valence-electron chi connectivity index (χ0n) is 13.6. The summed E-state index contributed by atoms with van der Waals surface area (Å²) >= 11 is 0. The number of benzene rings is 2. The quantitative estimate of drug-likeness (QED) is 0.521. The van der Waals surface area contributed by atoms with Crippen LogP contribution in [0.25, 0.3) is 10.9 Å². The first-order valence-corrected chi connectivity index (χ1v) is 9.39. The Morgan fingerprint density at radius 1 is 0.885 bits per heavy atom. The first kappa shape index (κ1) is 16.2. The Bertz CT molecular complexity index is 1200. The van der Waals surface area contributed by atoms with Gasteiger partial charge in [0, 0.05) is 23.3 Å². The topological polar surface area (TPSA) is 69.0 Å². The fourth-order valence-corrected chi connectivity index (χ4v) is 4.42. The Morgan fingerprint density at radius 3 is 2.35 bits per heavy atom. The minimum Gasteiger partial charge on any atom is -0.287 e. The molecule has 0 aliphatic rings. The van der Waals surface area contributed by atoms with Gasteiger partial charge in [0.15, 0.2) is 0 Å². The number of fused-ring (bicyclic) bond motifs is 1. The van der Waals surface area contributed by atoms with Gasteiger partial charge in [-0.1, -0.05) is 36.4 Å².